The standard InChI is InChI=1S/C12H15ClN6O2/c1-8-7-9(13)14-10-15-11(16-19(8)10)17-3-5-18(6-4-17)12(20)21-2/h7H,3-6H2,1-2H3. The van der Waals surface area contributed by atoms with Gasteiger partial charge in [0.2, 0.25) is 5.95 Å². The fourth-order valence-corrected chi connectivity index (χ4v) is 2.55. The highest BCUT2D eigenvalue weighted by Gasteiger charge is 2.24. The molecule has 2 aromatic heterocycles. The lowest BCUT2D eigenvalue weighted by atomic mass is 10.3. The molecule has 1 fully saturated rings. The third kappa shape index (κ3) is 2.58. The number of aryl methyl sites for hydroxylation is 1. The Kier molecular flexibility index (Phi) is 3.54. The molecule has 0 radical (unpaired) electrons. The number of hydrogen-bond donors (Lipinski definition) is 0. The van der Waals surface area contributed by atoms with Crippen molar-refractivity contribution in [2.75, 3.05) is 38.2 Å². The molecule has 3 rings (SSSR count). The number of carbonyl (C=O) groups excluding carboxylic acids is 1. The summed E-state index contributed by atoms with van der Waals surface area (Å²) in [4.78, 5) is 23.7. The van der Waals surface area contributed by atoms with Crippen molar-refractivity contribution < 1.29 is 9.53 Å². The van der Waals surface area contributed by atoms with E-state index < -0.39 is 0 Å². The average Bonchev–Trinajstić information content (AvgIpc) is 2.91. The number of fused-ring (bicyclic) bond motifs is 1. The lowest BCUT2D eigenvalue weighted by molar-refractivity contribution is 0.121. The molecule has 0 bridgehead atoms. The van der Waals surface area contributed by atoms with Crippen molar-refractivity contribution in [2.45, 2.75) is 6.92 Å². The summed E-state index contributed by atoms with van der Waals surface area (Å²) in [5, 5.41) is 4.84. The molecular weight excluding hydrogens is 296 g/mol. The van der Waals surface area contributed by atoms with Crippen LogP contribution in [0.4, 0.5) is 10.7 Å². The van der Waals surface area contributed by atoms with Gasteiger partial charge in [-0.2, -0.15) is 14.5 Å². The lowest BCUT2D eigenvalue weighted by Gasteiger charge is -2.32. The molecule has 0 N–H and O–H groups in total. The fourth-order valence-electron chi connectivity index (χ4n) is 2.32. The molecule has 21 heavy (non-hydrogen) atoms. The Morgan fingerprint density at radius 3 is 2.67 bits per heavy atom. The Morgan fingerprint density at radius 2 is 2.00 bits per heavy atom. The summed E-state index contributed by atoms with van der Waals surface area (Å²) >= 11 is 5.93. The molecule has 112 valence electrons. The largest absolute Gasteiger partial charge is 0.453 e. The maximum Gasteiger partial charge on any atom is 0.409 e. The second kappa shape index (κ2) is 5.36. The van der Waals surface area contributed by atoms with Crippen molar-refractivity contribution in [2.24, 2.45) is 0 Å². The van der Waals surface area contributed by atoms with Crippen molar-refractivity contribution in [1.82, 2.24) is 24.5 Å². The van der Waals surface area contributed by atoms with Crippen molar-refractivity contribution in [3.05, 3.63) is 16.9 Å². The van der Waals surface area contributed by atoms with Crippen LogP contribution in [0.1, 0.15) is 5.69 Å². The Balaban J connectivity index is 1.80. The van der Waals surface area contributed by atoms with E-state index in [1.807, 2.05) is 11.8 Å². The first-order valence-corrected chi connectivity index (χ1v) is 6.94. The molecule has 2 aromatic rings. The van der Waals surface area contributed by atoms with E-state index in [-0.39, 0.29) is 6.09 Å². The number of aromatic nitrogens is 4. The van der Waals surface area contributed by atoms with Crippen LogP contribution >= 0.6 is 11.6 Å². The van der Waals surface area contributed by atoms with Gasteiger partial charge in [0.15, 0.2) is 0 Å². The molecule has 0 atom stereocenters. The monoisotopic (exact) mass is 310 g/mol. The molecular formula is C12H15ClN6O2. The highest BCUT2D eigenvalue weighted by atomic mass is 35.5. The summed E-state index contributed by atoms with van der Waals surface area (Å²) in [6.07, 6.45) is -0.304. The van der Waals surface area contributed by atoms with E-state index in [0.717, 1.165) is 5.69 Å². The van der Waals surface area contributed by atoms with Gasteiger partial charge >= 0.3 is 6.09 Å². The third-order valence-corrected chi connectivity index (χ3v) is 3.64. The first-order valence-electron chi connectivity index (χ1n) is 6.56. The van der Waals surface area contributed by atoms with E-state index in [1.54, 1.807) is 15.5 Å². The number of nitrogens with zero attached hydrogens (tertiary/aromatic N) is 6. The first-order chi connectivity index (χ1) is 10.1. The molecule has 3 heterocycles. The minimum atomic E-state index is -0.304. The average molecular weight is 311 g/mol. The van der Waals surface area contributed by atoms with Gasteiger partial charge in [0.25, 0.3) is 5.78 Å². The molecule has 9 heteroatoms. The summed E-state index contributed by atoms with van der Waals surface area (Å²) in [5.41, 5.74) is 0.872. The van der Waals surface area contributed by atoms with E-state index in [0.29, 0.717) is 43.1 Å². The van der Waals surface area contributed by atoms with E-state index >= 15 is 0 Å². The number of hydrogen-bond acceptors (Lipinski definition) is 6. The molecule has 0 aromatic carbocycles. The minimum Gasteiger partial charge on any atom is -0.453 e. The van der Waals surface area contributed by atoms with Crippen molar-refractivity contribution in [3.63, 3.8) is 0 Å². The van der Waals surface area contributed by atoms with Crippen molar-refractivity contribution in [3.8, 4) is 0 Å². The topological polar surface area (TPSA) is 75.9 Å². The Bertz CT molecular complexity index is 680. The molecule has 1 saturated heterocycles. The number of rotatable bonds is 1. The zero-order chi connectivity index (χ0) is 15.0. The Hall–Kier alpha value is -2.09. The molecule has 1 aliphatic rings. The summed E-state index contributed by atoms with van der Waals surface area (Å²) in [6, 6.07) is 1.74. The zero-order valence-corrected chi connectivity index (χ0v) is 12.5. The second-order valence-corrected chi connectivity index (χ2v) is 5.18. The SMILES string of the molecule is COC(=O)N1CCN(c2nc3nc(Cl)cc(C)n3n2)CC1. The predicted octanol–water partition coefficient (Wildman–Crippen LogP) is 0.975. The van der Waals surface area contributed by atoms with E-state index in [4.69, 9.17) is 16.3 Å². The summed E-state index contributed by atoms with van der Waals surface area (Å²) in [7, 11) is 1.39. The number of amides is 1. The van der Waals surface area contributed by atoms with Gasteiger partial charge in [-0.3, -0.25) is 0 Å². The second-order valence-electron chi connectivity index (χ2n) is 4.79. The Labute approximate surface area is 126 Å². The van der Waals surface area contributed by atoms with Crippen molar-refractivity contribution in [1.29, 1.82) is 0 Å². The van der Waals surface area contributed by atoms with E-state index in [9.17, 15) is 4.79 Å². The maximum absolute atomic E-state index is 11.5. The number of halogens is 1. The highest BCUT2D eigenvalue weighted by molar-refractivity contribution is 6.29. The van der Waals surface area contributed by atoms with E-state index in [1.165, 1.54) is 7.11 Å². The van der Waals surface area contributed by atoms with Crippen LogP contribution < -0.4 is 4.90 Å². The van der Waals surface area contributed by atoms with E-state index in [2.05, 4.69) is 15.1 Å². The van der Waals surface area contributed by atoms with Gasteiger partial charge in [-0.25, -0.2) is 4.79 Å². The third-order valence-electron chi connectivity index (χ3n) is 3.44. The van der Waals surface area contributed by atoms with Gasteiger partial charge in [0.05, 0.1) is 7.11 Å². The Morgan fingerprint density at radius 1 is 1.29 bits per heavy atom. The van der Waals surface area contributed by atoms with Crippen LogP contribution in [0.2, 0.25) is 5.15 Å². The number of anilines is 1. The normalized spacial score (nSPS) is 15.6. The number of ether oxygens (including phenoxy) is 1. The van der Waals surface area contributed by atoms with Crippen LogP contribution in [0.15, 0.2) is 6.07 Å². The minimum absolute atomic E-state index is 0.304. The quantitative estimate of drug-likeness (QED) is 0.731. The van der Waals surface area contributed by atoms with Gasteiger partial charge in [-0.15, -0.1) is 5.10 Å². The molecule has 1 amide bonds. The summed E-state index contributed by atoms with van der Waals surface area (Å²) < 4.78 is 6.38. The fraction of sp³-hybridized carbons (Fsp3) is 0.500. The molecule has 0 saturated carbocycles. The van der Waals surface area contributed by atoms with Gasteiger partial charge in [-0.05, 0) is 13.0 Å². The van der Waals surface area contributed by atoms with Crippen LogP contribution in [-0.4, -0.2) is 63.9 Å². The van der Waals surface area contributed by atoms with Gasteiger partial charge in [0, 0.05) is 31.9 Å². The maximum atomic E-state index is 11.5. The summed E-state index contributed by atoms with van der Waals surface area (Å²) in [6.45, 7) is 4.36. The predicted molar refractivity (Wildman–Crippen MR) is 76.7 cm³/mol. The highest BCUT2D eigenvalue weighted by Crippen LogP contribution is 2.16. The molecule has 1 aliphatic heterocycles. The smallest absolute Gasteiger partial charge is 0.409 e. The van der Waals surface area contributed by atoms with Gasteiger partial charge in [0.1, 0.15) is 5.15 Å². The van der Waals surface area contributed by atoms with Crippen LogP contribution in [0.3, 0.4) is 0 Å². The molecule has 0 spiro atoms. The van der Waals surface area contributed by atoms with Crippen molar-refractivity contribution >= 4 is 29.4 Å². The van der Waals surface area contributed by atoms with Gasteiger partial charge < -0.3 is 14.5 Å². The molecule has 0 unspecified atom stereocenters. The van der Waals surface area contributed by atoms with Crippen LogP contribution in [0.25, 0.3) is 5.78 Å². The van der Waals surface area contributed by atoms with Crippen LogP contribution in [-0.2, 0) is 4.74 Å². The number of methoxy groups -OCH3 is 1. The van der Waals surface area contributed by atoms with Gasteiger partial charge in [-0.1, -0.05) is 11.6 Å². The molecule has 8 nitrogen and oxygen atoms in total. The van der Waals surface area contributed by atoms with Crippen LogP contribution in [0, 0.1) is 6.92 Å². The molecule has 0 aliphatic carbocycles. The summed E-state index contributed by atoms with van der Waals surface area (Å²) in [5.74, 6) is 1.07. The first kappa shape index (κ1) is 13.9. The zero-order valence-electron chi connectivity index (χ0n) is 11.8. The number of piperazine rings is 1. The lowest BCUT2D eigenvalue weighted by Crippen LogP contribution is -2.49. The van der Waals surface area contributed by atoms with Crippen LogP contribution in [0.5, 0.6) is 0 Å². The number of carbonyl (C=O) groups is 1.